The van der Waals surface area contributed by atoms with E-state index in [1.807, 2.05) is 12.1 Å². The number of hydrogen-bond donors (Lipinski definition) is 1. The summed E-state index contributed by atoms with van der Waals surface area (Å²) in [7, 11) is -1.83. The predicted molar refractivity (Wildman–Crippen MR) is 118 cm³/mol. The lowest BCUT2D eigenvalue weighted by Gasteiger charge is -2.16. The Labute approximate surface area is 178 Å². The number of nitrogens with zero attached hydrogens (tertiary/aromatic N) is 2. The highest BCUT2D eigenvalue weighted by Crippen LogP contribution is 2.20. The van der Waals surface area contributed by atoms with Crippen molar-refractivity contribution in [2.75, 3.05) is 37.3 Å². The minimum atomic E-state index is -3.31. The van der Waals surface area contributed by atoms with Crippen molar-refractivity contribution in [1.29, 1.82) is 0 Å². The number of carbonyl (C=O) groups excluding carboxylic acids is 1. The van der Waals surface area contributed by atoms with Crippen LogP contribution in [0.3, 0.4) is 0 Å². The molecule has 0 saturated carbocycles. The highest BCUT2D eigenvalue weighted by Gasteiger charge is 2.13. The molecule has 2 aromatic carbocycles. The summed E-state index contributed by atoms with van der Waals surface area (Å²) in [5.74, 6) is 0.288. The number of rotatable bonds is 9. The van der Waals surface area contributed by atoms with Crippen LogP contribution < -0.4 is 14.4 Å². The number of anilines is 1. The van der Waals surface area contributed by atoms with E-state index in [0.717, 1.165) is 18.4 Å². The molecule has 7 nitrogen and oxygen atoms in total. The van der Waals surface area contributed by atoms with Crippen LogP contribution in [0.4, 0.5) is 5.69 Å². The third kappa shape index (κ3) is 6.47. The van der Waals surface area contributed by atoms with E-state index in [1.165, 1.54) is 42.8 Å². The van der Waals surface area contributed by atoms with Crippen molar-refractivity contribution in [2.24, 2.45) is 0 Å². The number of likely N-dealkylation sites (tertiary alicyclic amines) is 1. The van der Waals surface area contributed by atoms with Gasteiger partial charge in [-0.1, -0.05) is 24.3 Å². The van der Waals surface area contributed by atoms with Gasteiger partial charge in [-0.3, -0.25) is 14.0 Å². The first kappa shape index (κ1) is 22.1. The molecule has 1 aliphatic heterocycles. The fourth-order valence-electron chi connectivity index (χ4n) is 3.31. The molecule has 0 aliphatic carbocycles. The molecule has 1 heterocycles. The van der Waals surface area contributed by atoms with Crippen molar-refractivity contribution in [3.05, 3.63) is 59.7 Å². The lowest BCUT2D eigenvalue weighted by Crippen LogP contribution is -2.28. The second-order valence-electron chi connectivity index (χ2n) is 7.59. The summed E-state index contributed by atoms with van der Waals surface area (Å²) >= 11 is 0. The molecule has 1 aliphatic rings. The maximum Gasteiger partial charge on any atom is 0.258 e. The number of ether oxygens (including phenoxy) is 1. The smallest absolute Gasteiger partial charge is 0.258 e. The number of hydrogen-bond acceptors (Lipinski definition) is 5. The van der Waals surface area contributed by atoms with Crippen LogP contribution in [0.15, 0.2) is 48.5 Å². The first-order valence-electron chi connectivity index (χ1n) is 10.0. The van der Waals surface area contributed by atoms with Crippen molar-refractivity contribution < 1.29 is 17.9 Å². The van der Waals surface area contributed by atoms with Crippen LogP contribution in [-0.4, -0.2) is 52.2 Å². The van der Waals surface area contributed by atoms with Crippen molar-refractivity contribution in [3.63, 3.8) is 0 Å². The van der Waals surface area contributed by atoms with E-state index in [4.69, 9.17) is 4.74 Å². The zero-order valence-corrected chi connectivity index (χ0v) is 18.3. The quantitative estimate of drug-likeness (QED) is 0.660. The standard InChI is InChI=1S/C22H29N3O4S/c1-24(30(2,27)28)20-9-11-21(12-10-20)29-17-22(26)23-15-18-5-7-19(8-6-18)16-25-13-3-4-14-25/h5-12H,3-4,13-17H2,1-2H3,(H,23,26). The van der Waals surface area contributed by atoms with Crippen molar-refractivity contribution in [1.82, 2.24) is 10.2 Å². The summed E-state index contributed by atoms with van der Waals surface area (Å²) in [6.45, 7) is 3.68. The Bertz CT molecular complexity index is 937. The molecule has 0 radical (unpaired) electrons. The topological polar surface area (TPSA) is 79.0 Å². The van der Waals surface area contributed by atoms with Gasteiger partial charge in [0, 0.05) is 20.1 Å². The van der Waals surface area contributed by atoms with Gasteiger partial charge < -0.3 is 10.1 Å². The van der Waals surface area contributed by atoms with E-state index < -0.39 is 10.0 Å². The molecule has 3 rings (SSSR count). The Hall–Kier alpha value is -2.58. The molecule has 1 saturated heterocycles. The lowest BCUT2D eigenvalue weighted by atomic mass is 10.1. The van der Waals surface area contributed by atoms with E-state index in [9.17, 15) is 13.2 Å². The Morgan fingerprint density at radius 3 is 2.23 bits per heavy atom. The molecule has 2 aromatic rings. The minimum Gasteiger partial charge on any atom is -0.484 e. The number of amides is 1. The first-order valence-corrected chi connectivity index (χ1v) is 11.9. The Balaban J connectivity index is 1.41. The normalized spacial score (nSPS) is 14.5. The molecule has 0 aromatic heterocycles. The highest BCUT2D eigenvalue weighted by molar-refractivity contribution is 7.92. The summed E-state index contributed by atoms with van der Waals surface area (Å²) in [4.78, 5) is 14.5. The van der Waals surface area contributed by atoms with Crippen molar-refractivity contribution >= 4 is 21.6 Å². The van der Waals surface area contributed by atoms with Crippen LogP contribution in [0.5, 0.6) is 5.75 Å². The molecule has 162 valence electrons. The van der Waals surface area contributed by atoms with Gasteiger partial charge in [0.2, 0.25) is 10.0 Å². The van der Waals surface area contributed by atoms with Crippen LogP contribution in [0.25, 0.3) is 0 Å². The van der Waals surface area contributed by atoms with Crippen LogP contribution in [0.2, 0.25) is 0 Å². The van der Waals surface area contributed by atoms with Crippen molar-refractivity contribution in [2.45, 2.75) is 25.9 Å². The summed E-state index contributed by atoms with van der Waals surface area (Å²) in [5.41, 5.74) is 2.87. The molecular weight excluding hydrogens is 402 g/mol. The van der Waals surface area contributed by atoms with Gasteiger partial charge in [-0.25, -0.2) is 8.42 Å². The molecule has 30 heavy (non-hydrogen) atoms. The van der Waals surface area contributed by atoms with Crippen LogP contribution in [0.1, 0.15) is 24.0 Å². The van der Waals surface area contributed by atoms with Gasteiger partial charge in [-0.2, -0.15) is 0 Å². The largest absolute Gasteiger partial charge is 0.484 e. The fourth-order valence-corrected chi connectivity index (χ4v) is 3.81. The molecule has 0 atom stereocenters. The van der Waals surface area contributed by atoms with Gasteiger partial charge >= 0.3 is 0 Å². The van der Waals surface area contributed by atoms with Gasteiger partial charge in [0.15, 0.2) is 6.61 Å². The van der Waals surface area contributed by atoms with Gasteiger partial charge in [-0.05, 0) is 61.3 Å². The number of nitrogens with one attached hydrogen (secondary N) is 1. The van der Waals surface area contributed by atoms with Gasteiger partial charge in [0.05, 0.1) is 11.9 Å². The third-order valence-electron chi connectivity index (χ3n) is 5.19. The predicted octanol–water partition coefficient (Wildman–Crippen LogP) is 2.37. The zero-order valence-electron chi connectivity index (χ0n) is 17.5. The molecule has 0 spiro atoms. The number of carbonyl (C=O) groups is 1. The monoisotopic (exact) mass is 431 g/mol. The van der Waals surface area contributed by atoms with Crippen LogP contribution >= 0.6 is 0 Å². The third-order valence-corrected chi connectivity index (χ3v) is 6.39. The average molecular weight is 432 g/mol. The molecule has 0 bridgehead atoms. The molecule has 8 heteroatoms. The first-order chi connectivity index (χ1) is 14.3. The fraction of sp³-hybridized carbons (Fsp3) is 0.409. The molecule has 1 N–H and O–H groups in total. The summed E-state index contributed by atoms with van der Waals surface area (Å²) in [6, 6.07) is 14.9. The lowest BCUT2D eigenvalue weighted by molar-refractivity contribution is -0.123. The molecule has 1 amide bonds. The Morgan fingerprint density at radius 1 is 1.03 bits per heavy atom. The summed E-state index contributed by atoms with van der Waals surface area (Å²) in [6.07, 6.45) is 3.71. The molecule has 0 unspecified atom stereocenters. The molecule has 1 fully saturated rings. The maximum absolute atomic E-state index is 12.1. The summed E-state index contributed by atoms with van der Waals surface area (Å²) in [5, 5.41) is 2.85. The van der Waals surface area contributed by atoms with Gasteiger partial charge in [0.1, 0.15) is 5.75 Å². The highest BCUT2D eigenvalue weighted by atomic mass is 32.2. The van der Waals surface area contributed by atoms with Gasteiger partial charge in [0.25, 0.3) is 5.91 Å². The minimum absolute atomic E-state index is 0.103. The molecular formula is C22H29N3O4S. The summed E-state index contributed by atoms with van der Waals surface area (Å²) < 4.78 is 29.8. The Kier molecular flexibility index (Phi) is 7.33. The Morgan fingerprint density at radius 2 is 1.63 bits per heavy atom. The van der Waals surface area contributed by atoms with E-state index in [1.54, 1.807) is 24.3 Å². The average Bonchev–Trinajstić information content (AvgIpc) is 3.24. The van der Waals surface area contributed by atoms with E-state index >= 15 is 0 Å². The number of benzene rings is 2. The van der Waals surface area contributed by atoms with Crippen LogP contribution in [-0.2, 0) is 27.9 Å². The van der Waals surface area contributed by atoms with E-state index in [-0.39, 0.29) is 12.5 Å². The zero-order chi connectivity index (χ0) is 21.6. The van der Waals surface area contributed by atoms with E-state index in [0.29, 0.717) is 18.0 Å². The number of sulfonamides is 1. The maximum atomic E-state index is 12.1. The SMILES string of the molecule is CN(c1ccc(OCC(=O)NCc2ccc(CN3CCCC3)cc2)cc1)S(C)(=O)=O. The second kappa shape index (κ2) is 9.95. The van der Waals surface area contributed by atoms with Crippen LogP contribution in [0, 0.1) is 0 Å². The van der Waals surface area contributed by atoms with Gasteiger partial charge in [-0.15, -0.1) is 0 Å². The van der Waals surface area contributed by atoms with E-state index in [2.05, 4.69) is 22.3 Å². The second-order valence-corrected chi connectivity index (χ2v) is 9.60. The van der Waals surface area contributed by atoms with Crippen molar-refractivity contribution in [3.8, 4) is 5.75 Å².